The molecule has 2 aliphatic rings. The Kier molecular flexibility index (Phi) is 4.41. The van der Waals surface area contributed by atoms with Gasteiger partial charge in [0, 0.05) is 37.0 Å². The largest absolute Gasteiger partial charge is 0.378 e. The molecule has 28 heavy (non-hydrogen) atoms. The first-order valence-corrected chi connectivity index (χ1v) is 9.84. The van der Waals surface area contributed by atoms with E-state index in [1.54, 1.807) is 0 Å². The van der Waals surface area contributed by atoms with Gasteiger partial charge in [0.1, 0.15) is 5.82 Å². The molecule has 142 valence electrons. The third-order valence-corrected chi connectivity index (χ3v) is 5.41. The Morgan fingerprint density at radius 2 is 2.04 bits per heavy atom. The molecule has 0 radical (unpaired) electrons. The molecule has 0 saturated carbocycles. The molecule has 0 spiro atoms. The first-order chi connectivity index (χ1) is 13.8. The molecule has 1 atom stereocenters. The summed E-state index contributed by atoms with van der Waals surface area (Å²) in [5, 5.41) is 5.76. The summed E-state index contributed by atoms with van der Waals surface area (Å²) in [5.41, 5.74) is 4.47. The van der Waals surface area contributed by atoms with Crippen LogP contribution in [0.4, 0.5) is 5.82 Å². The lowest BCUT2D eigenvalue weighted by Gasteiger charge is -2.28. The van der Waals surface area contributed by atoms with E-state index in [-0.39, 0.29) is 0 Å². The molecule has 0 aliphatic carbocycles. The van der Waals surface area contributed by atoms with Crippen molar-refractivity contribution in [3.05, 3.63) is 54.4 Å². The van der Waals surface area contributed by atoms with Gasteiger partial charge >= 0.3 is 0 Å². The molecule has 1 saturated heterocycles. The van der Waals surface area contributed by atoms with Gasteiger partial charge in [-0.1, -0.05) is 25.1 Å². The first-order valence-electron chi connectivity index (χ1n) is 9.84. The molecule has 2 aliphatic heterocycles. The number of hydrogen-bond acceptors (Lipinski definition) is 5. The fourth-order valence-electron chi connectivity index (χ4n) is 3.77. The lowest BCUT2D eigenvalue weighted by atomic mass is 10.0. The highest BCUT2D eigenvalue weighted by atomic mass is 16.5. The van der Waals surface area contributed by atoms with Crippen LogP contribution in [0.5, 0.6) is 0 Å². The molecule has 1 aromatic carbocycles. The van der Waals surface area contributed by atoms with Crippen LogP contribution in [0.2, 0.25) is 0 Å². The van der Waals surface area contributed by atoms with E-state index in [2.05, 4.69) is 57.2 Å². The van der Waals surface area contributed by atoms with Crippen LogP contribution < -0.4 is 4.90 Å². The Labute approximate surface area is 164 Å². The number of aromatic nitrogens is 3. The maximum atomic E-state index is 5.46. The van der Waals surface area contributed by atoms with Gasteiger partial charge in [0.2, 0.25) is 0 Å². The summed E-state index contributed by atoms with van der Waals surface area (Å²) >= 11 is 0. The van der Waals surface area contributed by atoms with Crippen molar-refractivity contribution in [3.63, 3.8) is 0 Å². The zero-order chi connectivity index (χ0) is 18.9. The summed E-state index contributed by atoms with van der Waals surface area (Å²) in [5.74, 6) is 0.969. The summed E-state index contributed by atoms with van der Waals surface area (Å²) in [7, 11) is 0. The molecular formula is C22H23N5O. The maximum absolute atomic E-state index is 5.46. The van der Waals surface area contributed by atoms with Crippen LogP contribution in [0.1, 0.15) is 18.9 Å². The zero-order valence-electron chi connectivity index (χ0n) is 16.0. The molecule has 4 heterocycles. The Hall–Kier alpha value is -2.99. The lowest BCUT2D eigenvalue weighted by Crippen LogP contribution is -2.36. The number of rotatable bonds is 4. The Morgan fingerprint density at radius 1 is 1.14 bits per heavy atom. The van der Waals surface area contributed by atoms with Gasteiger partial charge in [-0.2, -0.15) is 5.10 Å². The van der Waals surface area contributed by atoms with Crippen molar-refractivity contribution in [2.75, 3.05) is 31.2 Å². The van der Waals surface area contributed by atoms with E-state index in [0.717, 1.165) is 55.1 Å². The third-order valence-electron chi connectivity index (χ3n) is 5.41. The smallest absolute Gasteiger partial charge is 0.130 e. The second kappa shape index (κ2) is 7.20. The minimum Gasteiger partial charge on any atom is -0.378 e. The molecule has 0 N–H and O–H groups in total. The fraction of sp³-hybridized carbons (Fsp3) is 0.318. The van der Waals surface area contributed by atoms with Crippen molar-refractivity contribution in [1.82, 2.24) is 14.8 Å². The van der Waals surface area contributed by atoms with E-state index in [4.69, 9.17) is 4.74 Å². The zero-order valence-corrected chi connectivity index (χ0v) is 16.0. The van der Waals surface area contributed by atoms with Gasteiger partial charge in [-0.05, 0) is 29.7 Å². The predicted octanol–water partition coefficient (Wildman–Crippen LogP) is 3.50. The predicted molar refractivity (Wildman–Crippen MR) is 112 cm³/mol. The van der Waals surface area contributed by atoms with E-state index < -0.39 is 0 Å². The average Bonchev–Trinajstić information content (AvgIpc) is 3.41. The lowest BCUT2D eigenvalue weighted by molar-refractivity contribution is 0.122. The van der Waals surface area contributed by atoms with Crippen LogP contribution in [0.15, 0.2) is 53.8 Å². The van der Waals surface area contributed by atoms with Gasteiger partial charge in [0.25, 0.3) is 0 Å². The van der Waals surface area contributed by atoms with Crippen LogP contribution >= 0.6 is 0 Å². The quantitative estimate of drug-likeness (QED) is 0.702. The number of allylic oxidation sites excluding steroid dienone is 1. The Morgan fingerprint density at radius 3 is 2.86 bits per heavy atom. The molecule has 5 rings (SSSR count). The summed E-state index contributed by atoms with van der Waals surface area (Å²) in [6.07, 6.45) is 9.03. The normalized spacial score (nSPS) is 19.4. The molecule has 1 fully saturated rings. The van der Waals surface area contributed by atoms with Crippen molar-refractivity contribution in [3.8, 4) is 5.69 Å². The molecule has 1 unspecified atom stereocenters. The summed E-state index contributed by atoms with van der Waals surface area (Å²) in [4.78, 5) is 11.4. The van der Waals surface area contributed by atoms with E-state index >= 15 is 0 Å². The molecule has 3 aromatic rings. The van der Waals surface area contributed by atoms with E-state index in [0.29, 0.717) is 6.04 Å². The SMILES string of the molecule is CCC1C=C(c2ccc3cnn(-c4ccnc(N5CCOCC5)c4)c3c2)C=N1. The number of morpholine rings is 1. The maximum Gasteiger partial charge on any atom is 0.130 e. The van der Waals surface area contributed by atoms with Crippen molar-refractivity contribution in [2.24, 2.45) is 4.99 Å². The highest BCUT2D eigenvalue weighted by Crippen LogP contribution is 2.26. The van der Waals surface area contributed by atoms with Gasteiger partial charge in [-0.25, -0.2) is 9.67 Å². The Bertz CT molecular complexity index is 1060. The standard InChI is InChI=1S/C22H23N5O/c1-2-19-11-18(14-24-19)16-3-4-17-15-25-27(21(17)12-16)20-5-6-23-22(13-20)26-7-9-28-10-8-26/h3-6,11-15,19H,2,7-10H2,1H3. The summed E-state index contributed by atoms with van der Waals surface area (Å²) < 4.78 is 7.45. The monoisotopic (exact) mass is 373 g/mol. The minimum atomic E-state index is 0.298. The number of nitrogens with zero attached hydrogens (tertiary/aromatic N) is 5. The van der Waals surface area contributed by atoms with Crippen molar-refractivity contribution in [2.45, 2.75) is 19.4 Å². The fourth-order valence-corrected chi connectivity index (χ4v) is 3.77. The van der Waals surface area contributed by atoms with Gasteiger partial charge in [0.15, 0.2) is 0 Å². The van der Waals surface area contributed by atoms with E-state index in [9.17, 15) is 0 Å². The van der Waals surface area contributed by atoms with Crippen molar-refractivity contribution < 1.29 is 4.74 Å². The van der Waals surface area contributed by atoms with Crippen LogP contribution in [-0.4, -0.2) is 53.3 Å². The van der Waals surface area contributed by atoms with E-state index in [1.165, 1.54) is 11.1 Å². The molecule has 0 bridgehead atoms. The van der Waals surface area contributed by atoms with Crippen molar-refractivity contribution >= 4 is 28.5 Å². The molecular weight excluding hydrogens is 350 g/mol. The topological polar surface area (TPSA) is 55.5 Å². The number of benzene rings is 1. The number of ether oxygens (including phenoxy) is 1. The number of anilines is 1. The first kappa shape index (κ1) is 17.1. The molecule has 2 aromatic heterocycles. The minimum absolute atomic E-state index is 0.298. The van der Waals surface area contributed by atoms with Gasteiger partial charge in [-0.15, -0.1) is 0 Å². The van der Waals surface area contributed by atoms with Crippen LogP contribution in [0.25, 0.3) is 22.2 Å². The Balaban J connectivity index is 1.53. The molecule has 6 nitrogen and oxygen atoms in total. The molecule has 6 heteroatoms. The third kappa shape index (κ3) is 3.10. The van der Waals surface area contributed by atoms with Crippen LogP contribution in [0, 0.1) is 0 Å². The van der Waals surface area contributed by atoms with E-state index in [1.807, 2.05) is 29.4 Å². The molecule has 0 amide bonds. The van der Waals surface area contributed by atoms with Gasteiger partial charge in [-0.3, -0.25) is 4.99 Å². The second-order valence-corrected chi connectivity index (χ2v) is 7.18. The van der Waals surface area contributed by atoms with Gasteiger partial charge in [0.05, 0.1) is 36.7 Å². The number of hydrogen-bond donors (Lipinski definition) is 0. The van der Waals surface area contributed by atoms with Gasteiger partial charge < -0.3 is 9.64 Å². The van der Waals surface area contributed by atoms with Crippen LogP contribution in [-0.2, 0) is 4.74 Å². The number of aliphatic imine (C=N–C) groups is 1. The number of fused-ring (bicyclic) bond motifs is 1. The summed E-state index contributed by atoms with van der Waals surface area (Å²) in [6, 6.07) is 10.9. The second-order valence-electron chi connectivity index (χ2n) is 7.18. The van der Waals surface area contributed by atoms with Crippen LogP contribution in [0.3, 0.4) is 0 Å². The van der Waals surface area contributed by atoms with Crippen molar-refractivity contribution in [1.29, 1.82) is 0 Å². The average molecular weight is 373 g/mol. The number of pyridine rings is 1. The summed E-state index contributed by atoms with van der Waals surface area (Å²) in [6.45, 7) is 5.39. The highest BCUT2D eigenvalue weighted by molar-refractivity contribution is 6.12. The highest BCUT2D eigenvalue weighted by Gasteiger charge is 2.15.